The van der Waals surface area contributed by atoms with E-state index in [2.05, 4.69) is 21.2 Å². The summed E-state index contributed by atoms with van der Waals surface area (Å²) in [6.45, 7) is 2.94. The van der Waals surface area contributed by atoms with Gasteiger partial charge in [-0.05, 0) is 65.5 Å². The Bertz CT molecular complexity index is 959. The number of ether oxygens (including phenoxy) is 1. The van der Waals surface area contributed by atoms with Gasteiger partial charge in [0.25, 0.3) is 10.0 Å². The van der Waals surface area contributed by atoms with Gasteiger partial charge in [0.15, 0.2) is 0 Å². The van der Waals surface area contributed by atoms with E-state index in [0.29, 0.717) is 30.1 Å². The first-order valence-corrected chi connectivity index (χ1v) is 12.0. The minimum atomic E-state index is -3.54. The fourth-order valence-corrected chi connectivity index (χ4v) is 6.76. The van der Waals surface area contributed by atoms with Gasteiger partial charge < -0.3 is 10.1 Å². The summed E-state index contributed by atoms with van der Waals surface area (Å²) in [5, 5.41) is 2.93. The number of thiophene rings is 1. The van der Waals surface area contributed by atoms with Gasteiger partial charge in [-0.3, -0.25) is 4.79 Å². The van der Waals surface area contributed by atoms with Crippen LogP contribution in [0.5, 0.6) is 5.75 Å². The number of nitrogens with one attached hydrogen (secondary N) is 1. The number of hydrogen-bond donors (Lipinski definition) is 1. The van der Waals surface area contributed by atoms with Crippen LogP contribution in [0.25, 0.3) is 0 Å². The first kappa shape index (κ1) is 21.3. The predicted octanol–water partition coefficient (Wildman–Crippen LogP) is 3.54. The van der Waals surface area contributed by atoms with E-state index in [1.807, 2.05) is 25.1 Å². The van der Waals surface area contributed by atoms with Gasteiger partial charge in [0.2, 0.25) is 5.91 Å². The number of carbonyl (C=O) groups excluding carboxylic acids is 1. The first-order valence-electron chi connectivity index (χ1n) is 8.98. The molecule has 1 unspecified atom stereocenters. The molecule has 3 rings (SSSR count). The van der Waals surface area contributed by atoms with E-state index >= 15 is 0 Å². The predicted molar refractivity (Wildman–Crippen MR) is 113 cm³/mol. The van der Waals surface area contributed by atoms with E-state index in [1.54, 1.807) is 19.2 Å². The molecule has 1 N–H and O–H groups in total. The van der Waals surface area contributed by atoms with E-state index in [4.69, 9.17) is 4.74 Å². The Balaban J connectivity index is 1.62. The number of benzene rings is 1. The largest absolute Gasteiger partial charge is 0.496 e. The number of sulfonamides is 1. The Labute approximate surface area is 178 Å². The monoisotopic (exact) mass is 486 g/mol. The van der Waals surface area contributed by atoms with Crippen LogP contribution in [-0.4, -0.2) is 38.8 Å². The molecule has 0 saturated carbocycles. The third-order valence-corrected chi connectivity index (χ3v) is 8.70. The van der Waals surface area contributed by atoms with Crippen LogP contribution in [0.15, 0.2) is 39.0 Å². The highest BCUT2D eigenvalue weighted by molar-refractivity contribution is 9.10. The fraction of sp³-hybridized carbons (Fsp3) is 0.421. The minimum Gasteiger partial charge on any atom is -0.496 e. The molecule has 1 aromatic heterocycles. The molecule has 9 heteroatoms. The Morgan fingerprint density at radius 1 is 1.36 bits per heavy atom. The van der Waals surface area contributed by atoms with Gasteiger partial charge in [-0.25, -0.2) is 8.42 Å². The zero-order valence-corrected chi connectivity index (χ0v) is 19.0. The average molecular weight is 487 g/mol. The molecule has 1 amide bonds. The fourth-order valence-electron chi connectivity index (χ4n) is 3.21. The van der Waals surface area contributed by atoms with Crippen LogP contribution in [0.1, 0.15) is 23.3 Å². The average Bonchev–Trinajstić information content (AvgIpc) is 3.13. The minimum absolute atomic E-state index is 0.116. The third-order valence-electron chi connectivity index (χ3n) is 4.75. The van der Waals surface area contributed by atoms with Gasteiger partial charge in [0.1, 0.15) is 9.96 Å². The summed E-state index contributed by atoms with van der Waals surface area (Å²) < 4.78 is 33.5. The highest BCUT2D eigenvalue weighted by Gasteiger charge is 2.33. The van der Waals surface area contributed by atoms with Crippen molar-refractivity contribution in [1.82, 2.24) is 9.62 Å². The standard InChI is InChI=1S/C19H23BrN2O4S2/c1-13-5-8-18(27-13)28(24,25)22-9-3-4-15(12-22)19(23)21-11-14-6-7-17(26-2)16(20)10-14/h5-8,10,15H,3-4,9,11-12H2,1-2H3,(H,21,23). The third kappa shape index (κ3) is 4.76. The molecule has 1 atom stereocenters. The summed E-state index contributed by atoms with van der Waals surface area (Å²) in [6.07, 6.45) is 1.36. The molecular formula is C19H23BrN2O4S2. The molecule has 1 aliphatic heterocycles. The second-order valence-corrected chi connectivity index (χ2v) is 11.1. The van der Waals surface area contributed by atoms with E-state index in [-0.39, 0.29) is 18.4 Å². The number of rotatable bonds is 6. The van der Waals surface area contributed by atoms with Gasteiger partial charge in [-0.15, -0.1) is 11.3 Å². The number of methoxy groups -OCH3 is 1. The lowest BCUT2D eigenvalue weighted by Crippen LogP contribution is -2.45. The van der Waals surface area contributed by atoms with Crippen molar-refractivity contribution >= 4 is 43.2 Å². The number of carbonyl (C=O) groups is 1. The molecule has 1 aromatic carbocycles. The van der Waals surface area contributed by atoms with Gasteiger partial charge in [0, 0.05) is 24.5 Å². The van der Waals surface area contributed by atoms with Crippen molar-refractivity contribution in [3.05, 3.63) is 45.2 Å². The number of piperidine rings is 1. The number of amides is 1. The summed E-state index contributed by atoms with van der Waals surface area (Å²) in [5.41, 5.74) is 0.940. The zero-order valence-electron chi connectivity index (χ0n) is 15.8. The Morgan fingerprint density at radius 2 is 2.14 bits per heavy atom. The van der Waals surface area contributed by atoms with Crippen LogP contribution in [0.4, 0.5) is 0 Å². The molecule has 1 aliphatic rings. The lowest BCUT2D eigenvalue weighted by atomic mass is 9.99. The molecule has 152 valence electrons. The maximum Gasteiger partial charge on any atom is 0.252 e. The van der Waals surface area contributed by atoms with Crippen LogP contribution in [0.3, 0.4) is 0 Å². The van der Waals surface area contributed by atoms with E-state index in [0.717, 1.165) is 20.7 Å². The molecule has 2 heterocycles. The first-order chi connectivity index (χ1) is 13.3. The molecule has 1 saturated heterocycles. The van der Waals surface area contributed by atoms with Crippen molar-refractivity contribution in [2.75, 3.05) is 20.2 Å². The van der Waals surface area contributed by atoms with Crippen LogP contribution in [0.2, 0.25) is 0 Å². The van der Waals surface area contributed by atoms with Crippen LogP contribution < -0.4 is 10.1 Å². The quantitative estimate of drug-likeness (QED) is 0.677. The second-order valence-electron chi connectivity index (χ2n) is 6.75. The Kier molecular flexibility index (Phi) is 6.80. The zero-order chi connectivity index (χ0) is 20.3. The molecular weight excluding hydrogens is 464 g/mol. The van der Waals surface area contributed by atoms with Gasteiger partial charge in [-0.2, -0.15) is 4.31 Å². The molecule has 2 aromatic rings. The van der Waals surface area contributed by atoms with Crippen molar-refractivity contribution in [3.63, 3.8) is 0 Å². The summed E-state index contributed by atoms with van der Waals surface area (Å²) in [6, 6.07) is 9.07. The van der Waals surface area contributed by atoms with E-state index < -0.39 is 10.0 Å². The lowest BCUT2D eigenvalue weighted by Gasteiger charge is -2.30. The molecule has 0 bridgehead atoms. The molecule has 28 heavy (non-hydrogen) atoms. The maximum absolute atomic E-state index is 12.8. The Morgan fingerprint density at radius 3 is 2.79 bits per heavy atom. The molecule has 0 aliphatic carbocycles. The number of halogens is 1. The second kappa shape index (κ2) is 8.94. The smallest absolute Gasteiger partial charge is 0.252 e. The van der Waals surface area contributed by atoms with E-state index in [1.165, 1.54) is 15.6 Å². The van der Waals surface area contributed by atoms with Crippen LogP contribution >= 0.6 is 27.3 Å². The van der Waals surface area contributed by atoms with Crippen LogP contribution in [-0.2, 0) is 21.4 Å². The lowest BCUT2D eigenvalue weighted by molar-refractivity contribution is -0.126. The molecule has 6 nitrogen and oxygen atoms in total. The van der Waals surface area contributed by atoms with Gasteiger partial charge >= 0.3 is 0 Å². The Hall–Kier alpha value is -1.42. The van der Waals surface area contributed by atoms with Crippen LogP contribution in [0, 0.1) is 12.8 Å². The molecule has 0 radical (unpaired) electrons. The van der Waals surface area contributed by atoms with Crippen molar-refractivity contribution in [2.45, 2.75) is 30.5 Å². The van der Waals surface area contributed by atoms with Gasteiger partial charge in [-0.1, -0.05) is 6.07 Å². The number of hydrogen-bond acceptors (Lipinski definition) is 5. The summed E-state index contributed by atoms with van der Waals surface area (Å²) in [7, 11) is -1.94. The number of nitrogens with zero attached hydrogens (tertiary/aromatic N) is 1. The van der Waals surface area contributed by atoms with E-state index in [9.17, 15) is 13.2 Å². The SMILES string of the molecule is COc1ccc(CNC(=O)C2CCCN(S(=O)(=O)c3ccc(C)s3)C2)cc1Br. The highest BCUT2D eigenvalue weighted by Crippen LogP contribution is 2.29. The summed E-state index contributed by atoms with van der Waals surface area (Å²) >= 11 is 4.70. The highest BCUT2D eigenvalue weighted by atomic mass is 79.9. The van der Waals surface area contributed by atoms with Crippen molar-refractivity contribution < 1.29 is 17.9 Å². The van der Waals surface area contributed by atoms with Crippen molar-refractivity contribution in [3.8, 4) is 5.75 Å². The molecule has 0 spiro atoms. The molecule has 1 fully saturated rings. The van der Waals surface area contributed by atoms with Crippen molar-refractivity contribution in [1.29, 1.82) is 0 Å². The maximum atomic E-state index is 12.8. The topological polar surface area (TPSA) is 75.7 Å². The normalized spacial score (nSPS) is 18.0. The summed E-state index contributed by atoms with van der Waals surface area (Å²) in [5.74, 6) is 0.271. The van der Waals surface area contributed by atoms with Gasteiger partial charge in [0.05, 0.1) is 17.5 Å². The van der Waals surface area contributed by atoms with Crippen molar-refractivity contribution in [2.24, 2.45) is 5.92 Å². The number of aryl methyl sites for hydroxylation is 1. The summed E-state index contributed by atoms with van der Waals surface area (Å²) in [4.78, 5) is 13.6.